The number of carbonyl (C=O) groups is 2. The van der Waals surface area contributed by atoms with Crippen molar-refractivity contribution >= 4 is 34.6 Å². The molecule has 1 aliphatic heterocycles. The first-order chi connectivity index (χ1) is 14.5. The molecule has 1 unspecified atom stereocenters. The average Bonchev–Trinajstić information content (AvgIpc) is 3.15. The molecule has 0 saturated carbocycles. The summed E-state index contributed by atoms with van der Waals surface area (Å²) in [5.74, 6) is 0.101. The van der Waals surface area contributed by atoms with Gasteiger partial charge in [0.2, 0.25) is 11.8 Å². The van der Waals surface area contributed by atoms with E-state index in [0.29, 0.717) is 25.1 Å². The molecule has 3 aromatic rings. The van der Waals surface area contributed by atoms with E-state index in [9.17, 15) is 14.0 Å². The zero-order valence-corrected chi connectivity index (χ0v) is 16.9. The lowest BCUT2D eigenvalue weighted by Crippen LogP contribution is -2.29. The average molecular weight is 406 g/mol. The van der Waals surface area contributed by atoms with Crippen molar-refractivity contribution < 1.29 is 14.0 Å². The Kier molecular flexibility index (Phi) is 5.35. The van der Waals surface area contributed by atoms with Gasteiger partial charge in [0.25, 0.3) is 0 Å². The Morgan fingerprint density at radius 2 is 2.17 bits per heavy atom. The first kappa shape index (κ1) is 19.8. The summed E-state index contributed by atoms with van der Waals surface area (Å²) in [7, 11) is 1.75. The number of rotatable bonds is 5. The van der Waals surface area contributed by atoms with Gasteiger partial charge in [0, 0.05) is 42.8 Å². The van der Waals surface area contributed by atoms with Gasteiger partial charge < -0.3 is 15.2 Å². The molecule has 0 bridgehead atoms. The van der Waals surface area contributed by atoms with E-state index in [4.69, 9.17) is 0 Å². The van der Waals surface area contributed by atoms with Crippen LogP contribution < -0.4 is 5.32 Å². The molecule has 0 spiro atoms. The van der Waals surface area contributed by atoms with Crippen molar-refractivity contribution in [3.05, 3.63) is 65.2 Å². The Bertz CT molecular complexity index is 1150. The number of nitrogens with zero attached hydrogens (tertiary/aromatic N) is 2. The number of fused-ring (bicyclic) bond motifs is 2. The minimum atomic E-state index is -0.303. The Labute approximate surface area is 173 Å². The standard InChI is InChI=1S/C23H23FN4O2/c1-3-20(18-13-25-19-7-6-16(24)11-17(18)19)28(2)22(30)9-4-14-10-15-5-8-21(29)27-23(15)26-12-14/h4,6-7,9-13,20,25H,3,5,8H2,1-2H3,(H,26,27,29). The van der Waals surface area contributed by atoms with Crippen molar-refractivity contribution in [2.24, 2.45) is 0 Å². The molecule has 1 atom stereocenters. The Hall–Kier alpha value is -3.48. The molecule has 0 fully saturated rings. The highest BCUT2D eigenvalue weighted by Gasteiger charge is 2.22. The quantitative estimate of drug-likeness (QED) is 0.623. The highest BCUT2D eigenvalue weighted by Crippen LogP contribution is 2.31. The number of likely N-dealkylation sites (N-methyl/N-ethyl adjacent to an activating group) is 1. The highest BCUT2D eigenvalue weighted by atomic mass is 19.1. The number of halogens is 1. The lowest BCUT2D eigenvalue weighted by Gasteiger charge is -2.26. The van der Waals surface area contributed by atoms with Crippen LogP contribution in [0.1, 0.15) is 42.5 Å². The summed E-state index contributed by atoms with van der Waals surface area (Å²) >= 11 is 0. The zero-order valence-electron chi connectivity index (χ0n) is 16.9. The number of pyridine rings is 1. The smallest absolute Gasteiger partial charge is 0.246 e. The SMILES string of the molecule is CCC(c1c[nH]c2ccc(F)cc12)N(C)C(=O)C=Cc1cnc2c(c1)CCC(=O)N2. The Morgan fingerprint density at radius 1 is 1.33 bits per heavy atom. The fraction of sp³-hybridized carbons (Fsp3) is 0.261. The molecule has 2 N–H and O–H groups in total. The molecular formula is C23H23FN4O2. The molecule has 7 heteroatoms. The molecule has 2 aromatic heterocycles. The lowest BCUT2D eigenvalue weighted by atomic mass is 10.0. The summed E-state index contributed by atoms with van der Waals surface area (Å²) in [6.07, 6.45) is 8.49. The number of hydrogen-bond donors (Lipinski definition) is 2. The number of carbonyl (C=O) groups excluding carboxylic acids is 2. The number of aromatic amines is 1. The van der Waals surface area contributed by atoms with Crippen LogP contribution >= 0.6 is 0 Å². The molecule has 4 rings (SSSR count). The predicted molar refractivity (Wildman–Crippen MR) is 114 cm³/mol. The van der Waals surface area contributed by atoms with Gasteiger partial charge in [-0.2, -0.15) is 0 Å². The maximum atomic E-state index is 13.7. The minimum Gasteiger partial charge on any atom is -0.361 e. The molecule has 3 heterocycles. The number of hydrogen-bond acceptors (Lipinski definition) is 3. The van der Waals surface area contributed by atoms with Crippen molar-refractivity contribution in [3.8, 4) is 0 Å². The third-order valence-corrected chi connectivity index (χ3v) is 5.52. The number of H-pyrrole nitrogens is 1. The molecule has 0 radical (unpaired) electrons. The molecule has 1 aromatic carbocycles. The van der Waals surface area contributed by atoms with Crippen LogP contribution in [0.4, 0.5) is 10.2 Å². The third kappa shape index (κ3) is 3.83. The van der Waals surface area contributed by atoms with E-state index in [-0.39, 0.29) is 23.7 Å². The van der Waals surface area contributed by atoms with E-state index in [1.807, 2.05) is 19.2 Å². The van der Waals surface area contributed by atoms with E-state index >= 15 is 0 Å². The van der Waals surface area contributed by atoms with Crippen LogP contribution in [-0.2, 0) is 16.0 Å². The van der Waals surface area contributed by atoms with Crippen molar-refractivity contribution in [2.75, 3.05) is 12.4 Å². The molecule has 0 saturated heterocycles. The maximum absolute atomic E-state index is 13.7. The topological polar surface area (TPSA) is 78.1 Å². The molecular weight excluding hydrogens is 383 g/mol. The Morgan fingerprint density at radius 3 is 2.97 bits per heavy atom. The van der Waals surface area contributed by atoms with E-state index in [1.165, 1.54) is 18.2 Å². The summed E-state index contributed by atoms with van der Waals surface area (Å²) in [5, 5.41) is 3.53. The van der Waals surface area contributed by atoms with Gasteiger partial charge in [-0.3, -0.25) is 9.59 Å². The van der Waals surface area contributed by atoms with Gasteiger partial charge >= 0.3 is 0 Å². The monoisotopic (exact) mass is 406 g/mol. The van der Waals surface area contributed by atoms with Crippen LogP contribution in [0, 0.1) is 5.82 Å². The molecule has 6 nitrogen and oxygen atoms in total. The highest BCUT2D eigenvalue weighted by molar-refractivity contribution is 5.94. The fourth-order valence-electron chi connectivity index (χ4n) is 3.90. The fourth-order valence-corrected chi connectivity index (χ4v) is 3.90. The molecule has 2 amide bonds. The number of aromatic nitrogens is 2. The van der Waals surface area contributed by atoms with Gasteiger partial charge in [-0.05, 0) is 59.9 Å². The van der Waals surface area contributed by atoms with E-state index in [2.05, 4.69) is 15.3 Å². The largest absolute Gasteiger partial charge is 0.361 e. The van der Waals surface area contributed by atoms with E-state index in [1.54, 1.807) is 30.3 Å². The van der Waals surface area contributed by atoms with Crippen LogP contribution in [0.15, 0.2) is 42.7 Å². The van der Waals surface area contributed by atoms with Gasteiger partial charge in [0.1, 0.15) is 11.6 Å². The van der Waals surface area contributed by atoms with Crippen LogP contribution in [0.25, 0.3) is 17.0 Å². The Balaban J connectivity index is 1.53. The summed E-state index contributed by atoms with van der Waals surface area (Å²) < 4.78 is 13.7. The molecule has 0 aliphatic carbocycles. The first-order valence-electron chi connectivity index (χ1n) is 9.96. The van der Waals surface area contributed by atoms with Gasteiger partial charge in [-0.15, -0.1) is 0 Å². The summed E-state index contributed by atoms with van der Waals surface area (Å²) in [6, 6.07) is 6.36. The van der Waals surface area contributed by atoms with Crippen LogP contribution in [0.2, 0.25) is 0 Å². The molecule has 154 valence electrons. The zero-order chi connectivity index (χ0) is 21.3. The molecule has 30 heavy (non-hydrogen) atoms. The minimum absolute atomic E-state index is 0.0298. The van der Waals surface area contributed by atoms with Crippen LogP contribution in [0.5, 0.6) is 0 Å². The van der Waals surface area contributed by atoms with Crippen LogP contribution in [-0.4, -0.2) is 33.7 Å². The van der Waals surface area contributed by atoms with E-state index in [0.717, 1.165) is 27.6 Å². The second-order valence-corrected chi connectivity index (χ2v) is 7.47. The van der Waals surface area contributed by atoms with E-state index < -0.39 is 0 Å². The second kappa shape index (κ2) is 8.10. The van der Waals surface area contributed by atoms with Gasteiger partial charge in [-0.25, -0.2) is 9.37 Å². The number of amides is 2. The summed E-state index contributed by atoms with van der Waals surface area (Å²) in [4.78, 5) is 33.4. The maximum Gasteiger partial charge on any atom is 0.246 e. The van der Waals surface area contributed by atoms with Gasteiger partial charge in [0.15, 0.2) is 0 Å². The number of benzene rings is 1. The molecule has 1 aliphatic rings. The second-order valence-electron chi connectivity index (χ2n) is 7.47. The normalized spacial score (nSPS) is 14.6. The third-order valence-electron chi connectivity index (χ3n) is 5.52. The summed E-state index contributed by atoms with van der Waals surface area (Å²) in [5.41, 5.74) is 3.49. The number of nitrogens with one attached hydrogen (secondary N) is 2. The predicted octanol–water partition coefficient (Wildman–Crippen LogP) is 4.21. The van der Waals surface area contributed by atoms with Crippen molar-refractivity contribution in [2.45, 2.75) is 32.2 Å². The van der Waals surface area contributed by atoms with Gasteiger partial charge in [0.05, 0.1) is 6.04 Å². The number of aryl methyl sites for hydroxylation is 1. The van der Waals surface area contributed by atoms with Crippen molar-refractivity contribution in [1.82, 2.24) is 14.9 Å². The first-order valence-corrected chi connectivity index (χ1v) is 9.96. The van der Waals surface area contributed by atoms with Crippen molar-refractivity contribution in [3.63, 3.8) is 0 Å². The number of anilines is 1. The van der Waals surface area contributed by atoms with Crippen LogP contribution in [0.3, 0.4) is 0 Å². The lowest BCUT2D eigenvalue weighted by molar-refractivity contribution is -0.126. The van der Waals surface area contributed by atoms with Crippen molar-refractivity contribution in [1.29, 1.82) is 0 Å². The van der Waals surface area contributed by atoms with Gasteiger partial charge in [-0.1, -0.05) is 6.92 Å². The summed E-state index contributed by atoms with van der Waals surface area (Å²) in [6.45, 7) is 2.00.